The lowest BCUT2D eigenvalue weighted by Gasteiger charge is -2.15. The predicted molar refractivity (Wildman–Crippen MR) is 90.8 cm³/mol. The fraction of sp³-hybridized carbons (Fsp3) is 0.500. The zero-order chi connectivity index (χ0) is 16.5. The first kappa shape index (κ1) is 17.3. The van der Waals surface area contributed by atoms with Crippen molar-refractivity contribution in [2.75, 3.05) is 33.4 Å². The van der Waals surface area contributed by atoms with Crippen LogP contribution >= 0.6 is 0 Å². The molecule has 5 heteroatoms. The highest BCUT2D eigenvalue weighted by Crippen LogP contribution is 2.28. The van der Waals surface area contributed by atoms with Gasteiger partial charge in [-0.25, -0.2) is 0 Å². The van der Waals surface area contributed by atoms with Gasteiger partial charge in [-0.1, -0.05) is 18.7 Å². The maximum absolute atomic E-state index is 11.5. The topological polar surface area (TPSA) is 50.8 Å². The van der Waals surface area contributed by atoms with Crippen molar-refractivity contribution in [3.8, 4) is 11.5 Å². The lowest BCUT2D eigenvalue weighted by Crippen LogP contribution is -2.28. The summed E-state index contributed by atoms with van der Waals surface area (Å²) >= 11 is 0. The van der Waals surface area contributed by atoms with Crippen LogP contribution in [-0.2, 0) is 11.3 Å². The van der Waals surface area contributed by atoms with E-state index in [4.69, 9.17) is 9.47 Å². The lowest BCUT2D eigenvalue weighted by atomic mass is 10.2. The van der Waals surface area contributed by atoms with Gasteiger partial charge in [0.2, 0.25) is 5.91 Å². The van der Waals surface area contributed by atoms with Crippen LogP contribution in [0.4, 0.5) is 0 Å². The zero-order valence-electron chi connectivity index (χ0n) is 13.8. The maximum Gasteiger partial charge on any atom is 0.222 e. The number of ether oxygens (including phenoxy) is 2. The quantitative estimate of drug-likeness (QED) is 0.531. The fourth-order valence-corrected chi connectivity index (χ4v) is 2.66. The molecule has 5 nitrogen and oxygen atoms in total. The number of carbonyl (C=O) groups excluding carboxylic acids is 1. The highest BCUT2D eigenvalue weighted by atomic mass is 16.5. The summed E-state index contributed by atoms with van der Waals surface area (Å²) in [6.45, 7) is 7.53. The Morgan fingerprint density at radius 1 is 1.39 bits per heavy atom. The Balaban J connectivity index is 1.72. The average Bonchev–Trinajstić information content (AvgIpc) is 2.98. The summed E-state index contributed by atoms with van der Waals surface area (Å²) in [5.41, 5.74) is 1.14. The monoisotopic (exact) mass is 318 g/mol. The average molecular weight is 318 g/mol. The third kappa shape index (κ3) is 5.28. The van der Waals surface area contributed by atoms with Gasteiger partial charge in [-0.05, 0) is 37.1 Å². The van der Waals surface area contributed by atoms with Gasteiger partial charge in [-0.3, -0.25) is 4.79 Å². The van der Waals surface area contributed by atoms with Crippen molar-refractivity contribution in [3.63, 3.8) is 0 Å². The Morgan fingerprint density at radius 3 is 2.96 bits per heavy atom. The normalized spacial score (nSPS) is 14.1. The minimum Gasteiger partial charge on any atom is -0.493 e. The van der Waals surface area contributed by atoms with Crippen molar-refractivity contribution < 1.29 is 14.3 Å². The third-order valence-corrected chi connectivity index (χ3v) is 3.87. The first-order valence-corrected chi connectivity index (χ1v) is 8.13. The molecule has 0 aromatic heterocycles. The van der Waals surface area contributed by atoms with Gasteiger partial charge < -0.3 is 19.7 Å². The second kappa shape index (κ2) is 9.20. The van der Waals surface area contributed by atoms with Crippen LogP contribution in [0.1, 0.15) is 24.8 Å². The van der Waals surface area contributed by atoms with Crippen LogP contribution in [0.25, 0.3) is 0 Å². The molecule has 1 heterocycles. The van der Waals surface area contributed by atoms with Gasteiger partial charge in [0.1, 0.15) is 6.61 Å². The number of rotatable bonds is 10. The van der Waals surface area contributed by atoms with E-state index in [1.165, 1.54) is 0 Å². The molecule has 0 bridgehead atoms. The van der Waals surface area contributed by atoms with E-state index in [1.54, 1.807) is 13.2 Å². The Labute approximate surface area is 138 Å². The molecule has 0 radical (unpaired) electrons. The first-order chi connectivity index (χ1) is 11.2. The minimum atomic E-state index is 0.296. The van der Waals surface area contributed by atoms with Gasteiger partial charge in [0.05, 0.1) is 7.11 Å². The largest absolute Gasteiger partial charge is 0.493 e. The summed E-state index contributed by atoms with van der Waals surface area (Å²) < 4.78 is 10.9. The van der Waals surface area contributed by atoms with E-state index < -0.39 is 0 Å². The summed E-state index contributed by atoms with van der Waals surface area (Å²) in [5, 5.41) is 3.40. The molecule has 0 spiro atoms. The molecule has 2 rings (SSSR count). The highest BCUT2D eigenvalue weighted by molar-refractivity contribution is 5.77. The summed E-state index contributed by atoms with van der Waals surface area (Å²) in [6, 6.07) is 5.93. The number of nitrogens with zero attached hydrogens (tertiary/aromatic N) is 1. The number of amides is 1. The van der Waals surface area contributed by atoms with Crippen molar-refractivity contribution in [3.05, 3.63) is 36.4 Å². The van der Waals surface area contributed by atoms with Crippen LogP contribution in [0.15, 0.2) is 30.9 Å². The number of hydrogen-bond donors (Lipinski definition) is 1. The molecule has 1 saturated heterocycles. The third-order valence-electron chi connectivity index (χ3n) is 3.87. The van der Waals surface area contributed by atoms with E-state index in [9.17, 15) is 4.79 Å². The van der Waals surface area contributed by atoms with Crippen molar-refractivity contribution in [2.45, 2.75) is 25.8 Å². The lowest BCUT2D eigenvalue weighted by molar-refractivity contribution is -0.127. The number of nitrogens with one attached hydrogen (secondary N) is 1. The van der Waals surface area contributed by atoms with Crippen LogP contribution in [0.5, 0.6) is 11.5 Å². The summed E-state index contributed by atoms with van der Waals surface area (Å²) in [6.07, 6.45) is 4.41. The number of benzene rings is 1. The van der Waals surface area contributed by atoms with Gasteiger partial charge in [0, 0.05) is 26.1 Å². The molecule has 1 amide bonds. The molecule has 0 unspecified atom stereocenters. The van der Waals surface area contributed by atoms with E-state index >= 15 is 0 Å². The molecule has 1 aromatic carbocycles. The molecule has 23 heavy (non-hydrogen) atoms. The van der Waals surface area contributed by atoms with Crippen LogP contribution in [0, 0.1) is 0 Å². The van der Waals surface area contributed by atoms with Gasteiger partial charge in [0.25, 0.3) is 0 Å². The summed E-state index contributed by atoms with van der Waals surface area (Å²) in [4.78, 5) is 13.5. The van der Waals surface area contributed by atoms with Crippen LogP contribution in [-0.4, -0.2) is 44.2 Å². The van der Waals surface area contributed by atoms with E-state index in [0.717, 1.165) is 56.1 Å². The standard InChI is InChI=1S/C18H26N2O3/c1-3-12-23-16-8-7-15(13-17(16)22-2)14-19-9-5-11-20-10-4-6-18(20)21/h3,7-8,13,19H,1,4-6,9-12,14H2,2H3. The molecule has 1 aromatic rings. The van der Waals surface area contributed by atoms with E-state index in [0.29, 0.717) is 18.9 Å². The van der Waals surface area contributed by atoms with Gasteiger partial charge in [0.15, 0.2) is 11.5 Å². The van der Waals surface area contributed by atoms with Crippen molar-refractivity contribution in [1.29, 1.82) is 0 Å². The minimum absolute atomic E-state index is 0.296. The van der Waals surface area contributed by atoms with Gasteiger partial charge in [-0.2, -0.15) is 0 Å². The molecule has 0 saturated carbocycles. The van der Waals surface area contributed by atoms with Crippen LogP contribution in [0.2, 0.25) is 0 Å². The summed E-state index contributed by atoms with van der Waals surface area (Å²) in [5.74, 6) is 1.75. The molecule has 1 aliphatic heterocycles. The maximum atomic E-state index is 11.5. The molecular formula is C18H26N2O3. The second-order valence-electron chi connectivity index (χ2n) is 5.60. The Bertz CT molecular complexity index is 531. The molecule has 1 N–H and O–H groups in total. The number of likely N-dealkylation sites (tertiary alicyclic amines) is 1. The fourth-order valence-electron chi connectivity index (χ4n) is 2.66. The Hall–Kier alpha value is -2.01. The van der Waals surface area contributed by atoms with Gasteiger partial charge in [-0.15, -0.1) is 0 Å². The van der Waals surface area contributed by atoms with E-state index in [1.807, 2.05) is 23.1 Å². The zero-order valence-corrected chi connectivity index (χ0v) is 13.8. The van der Waals surface area contributed by atoms with E-state index in [-0.39, 0.29) is 0 Å². The van der Waals surface area contributed by atoms with Crippen molar-refractivity contribution in [2.24, 2.45) is 0 Å². The Morgan fingerprint density at radius 2 is 2.26 bits per heavy atom. The molecule has 126 valence electrons. The SMILES string of the molecule is C=CCOc1ccc(CNCCCN2CCCC2=O)cc1OC. The molecular weight excluding hydrogens is 292 g/mol. The molecule has 0 aliphatic carbocycles. The van der Waals surface area contributed by atoms with E-state index in [2.05, 4.69) is 11.9 Å². The van der Waals surface area contributed by atoms with Crippen LogP contribution < -0.4 is 14.8 Å². The number of hydrogen-bond acceptors (Lipinski definition) is 4. The van der Waals surface area contributed by atoms with Crippen LogP contribution in [0.3, 0.4) is 0 Å². The highest BCUT2D eigenvalue weighted by Gasteiger charge is 2.18. The van der Waals surface area contributed by atoms with Crippen molar-refractivity contribution >= 4 is 5.91 Å². The van der Waals surface area contributed by atoms with Gasteiger partial charge >= 0.3 is 0 Å². The van der Waals surface area contributed by atoms with Crippen molar-refractivity contribution in [1.82, 2.24) is 10.2 Å². The molecule has 1 aliphatic rings. The summed E-state index contributed by atoms with van der Waals surface area (Å²) in [7, 11) is 1.64. The predicted octanol–water partition coefficient (Wildman–Crippen LogP) is 2.36. The number of carbonyl (C=O) groups is 1. The number of methoxy groups -OCH3 is 1. The molecule has 1 fully saturated rings. The second-order valence-corrected chi connectivity index (χ2v) is 5.60. The molecule has 0 atom stereocenters. The Kier molecular flexibility index (Phi) is 6.94. The smallest absolute Gasteiger partial charge is 0.222 e. The first-order valence-electron chi connectivity index (χ1n) is 8.13.